The summed E-state index contributed by atoms with van der Waals surface area (Å²) in [7, 11) is 1.63. The highest BCUT2D eigenvalue weighted by molar-refractivity contribution is 6.35. The number of rotatable bonds is 12. The van der Waals surface area contributed by atoms with Gasteiger partial charge in [0.05, 0.1) is 13.7 Å². The van der Waals surface area contributed by atoms with Crippen molar-refractivity contribution in [2.75, 3.05) is 33.4 Å². The Morgan fingerprint density at radius 1 is 0.963 bits per heavy atom. The molecule has 0 spiro atoms. The number of hydrogen-bond donors (Lipinski definition) is 3. The van der Waals surface area contributed by atoms with E-state index in [4.69, 9.17) is 37.8 Å². The summed E-state index contributed by atoms with van der Waals surface area (Å²) < 4.78 is 11.3. The van der Waals surface area contributed by atoms with Crippen molar-refractivity contribution < 1.29 is 14.6 Å². The van der Waals surface area contributed by atoms with Crippen molar-refractivity contribution in [2.24, 2.45) is 0 Å². The second-order valence-corrected chi connectivity index (χ2v) is 6.86. The highest BCUT2D eigenvalue weighted by Gasteiger charge is 2.08. The van der Waals surface area contributed by atoms with E-state index < -0.39 is 0 Å². The number of methoxy groups -OCH3 is 1. The lowest BCUT2D eigenvalue weighted by molar-refractivity contribution is 0.284. The van der Waals surface area contributed by atoms with Crippen LogP contribution in [0.4, 0.5) is 0 Å². The molecule has 0 aliphatic heterocycles. The zero-order valence-electron chi connectivity index (χ0n) is 15.4. The largest absolute Gasteiger partial charge is 0.493 e. The summed E-state index contributed by atoms with van der Waals surface area (Å²) in [6.07, 6.45) is 1.00. The summed E-state index contributed by atoms with van der Waals surface area (Å²) in [6.45, 7) is 3.68. The van der Waals surface area contributed by atoms with Gasteiger partial charge < -0.3 is 25.2 Å². The van der Waals surface area contributed by atoms with Crippen molar-refractivity contribution >= 4 is 23.2 Å². The fourth-order valence-electron chi connectivity index (χ4n) is 2.51. The Hall–Kier alpha value is -1.50. The topological polar surface area (TPSA) is 62.8 Å². The fourth-order valence-corrected chi connectivity index (χ4v) is 2.97. The second kappa shape index (κ2) is 12.1. The summed E-state index contributed by atoms with van der Waals surface area (Å²) in [5.74, 6) is 1.35. The number of aliphatic hydroxyl groups excluding tert-OH is 1. The van der Waals surface area contributed by atoms with E-state index in [0.717, 1.165) is 37.2 Å². The third kappa shape index (κ3) is 7.56. The van der Waals surface area contributed by atoms with Gasteiger partial charge in [0.1, 0.15) is 6.61 Å². The van der Waals surface area contributed by atoms with Gasteiger partial charge in [-0.05, 0) is 49.3 Å². The van der Waals surface area contributed by atoms with Crippen LogP contribution in [0.2, 0.25) is 10.0 Å². The minimum Gasteiger partial charge on any atom is -0.493 e. The first-order chi connectivity index (χ1) is 13.1. The first-order valence-corrected chi connectivity index (χ1v) is 9.65. The molecule has 2 rings (SSSR count). The van der Waals surface area contributed by atoms with E-state index in [1.165, 1.54) is 0 Å². The molecule has 0 radical (unpaired) electrons. The Kier molecular flexibility index (Phi) is 9.73. The summed E-state index contributed by atoms with van der Waals surface area (Å²) in [6, 6.07) is 11.2. The molecule has 0 unspecified atom stereocenters. The van der Waals surface area contributed by atoms with Crippen molar-refractivity contribution in [1.82, 2.24) is 10.6 Å². The molecule has 0 heterocycles. The maximum Gasteiger partial charge on any atom is 0.161 e. The molecule has 0 saturated heterocycles. The molecule has 0 saturated carbocycles. The van der Waals surface area contributed by atoms with Crippen molar-refractivity contribution in [3.05, 3.63) is 57.6 Å². The molecule has 0 atom stereocenters. The molecule has 0 aliphatic carbocycles. The minimum atomic E-state index is 0.172. The summed E-state index contributed by atoms with van der Waals surface area (Å²) >= 11 is 12.1. The van der Waals surface area contributed by atoms with E-state index in [0.29, 0.717) is 34.7 Å². The van der Waals surface area contributed by atoms with Crippen molar-refractivity contribution in [1.29, 1.82) is 0 Å². The standard InChI is InChI=1S/C20H26Cl2N2O3/c1-26-20-11-15(13-24-8-2-7-23-9-10-25)3-6-19(20)27-14-16-4-5-17(21)12-18(16)22/h3-6,11-12,23-25H,2,7-10,13-14H2,1H3. The van der Waals surface area contributed by atoms with Crippen LogP contribution in [-0.4, -0.2) is 38.5 Å². The second-order valence-electron chi connectivity index (χ2n) is 6.01. The Bertz CT molecular complexity index is 714. The maximum absolute atomic E-state index is 8.70. The van der Waals surface area contributed by atoms with Crippen LogP contribution in [0.25, 0.3) is 0 Å². The highest BCUT2D eigenvalue weighted by atomic mass is 35.5. The van der Waals surface area contributed by atoms with Crippen molar-refractivity contribution in [2.45, 2.75) is 19.6 Å². The van der Waals surface area contributed by atoms with Crippen LogP contribution in [0, 0.1) is 0 Å². The molecule has 5 nitrogen and oxygen atoms in total. The van der Waals surface area contributed by atoms with Crippen LogP contribution in [0.1, 0.15) is 17.5 Å². The van der Waals surface area contributed by atoms with Gasteiger partial charge in [0.15, 0.2) is 11.5 Å². The van der Waals surface area contributed by atoms with Crippen LogP contribution in [0.3, 0.4) is 0 Å². The lowest BCUT2D eigenvalue weighted by atomic mass is 10.2. The van der Waals surface area contributed by atoms with Crippen LogP contribution in [0.5, 0.6) is 11.5 Å². The Morgan fingerprint density at radius 3 is 2.52 bits per heavy atom. The van der Waals surface area contributed by atoms with E-state index in [9.17, 15) is 0 Å². The van der Waals surface area contributed by atoms with Gasteiger partial charge in [0, 0.05) is 28.7 Å². The monoisotopic (exact) mass is 412 g/mol. The van der Waals surface area contributed by atoms with Crippen LogP contribution >= 0.6 is 23.2 Å². The molecule has 2 aromatic carbocycles. The highest BCUT2D eigenvalue weighted by Crippen LogP contribution is 2.30. The third-order valence-electron chi connectivity index (χ3n) is 3.95. The number of aliphatic hydroxyl groups is 1. The van der Waals surface area contributed by atoms with E-state index in [1.54, 1.807) is 19.2 Å². The number of halogens is 2. The third-order valence-corrected chi connectivity index (χ3v) is 4.54. The van der Waals surface area contributed by atoms with Crippen LogP contribution in [0.15, 0.2) is 36.4 Å². The Morgan fingerprint density at radius 2 is 1.78 bits per heavy atom. The summed E-state index contributed by atoms with van der Waals surface area (Å²) in [5, 5.41) is 16.4. The molecule has 0 aliphatic rings. The van der Waals surface area contributed by atoms with Gasteiger partial charge in [-0.1, -0.05) is 35.3 Å². The quantitative estimate of drug-likeness (QED) is 0.464. The number of ether oxygens (including phenoxy) is 2. The number of hydrogen-bond acceptors (Lipinski definition) is 5. The minimum absolute atomic E-state index is 0.172. The molecule has 27 heavy (non-hydrogen) atoms. The smallest absolute Gasteiger partial charge is 0.161 e. The van der Waals surface area contributed by atoms with Gasteiger partial charge >= 0.3 is 0 Å². The van der Waals surface area contributed by atoms with Crippen LogP contribution in [-0.2, 0) is 13.2 Å². The molecule has 2 aromatic rings. The van der Waals surface area contributed by atoms with Gasteiger partial charge in [-0.15, -0.1) is 0 Å². The van der Waals surface area contributed by atoms with Crippen molar-refractivity contribution in [3.8, 4) is 11.5 Å². The molecule has 0 fully saturated rings. The van der Waals surface area contributed by atoms with E-state index in [2.05, 4.69) is 10.6 Å². The maximum atomic E-state index is 8.70. The normalized spacial score (nSPS) is 10.8. The Labute approximate surface area is 170 Å². The molecular formula is C20H26Cl2N2O3. The van der Waals surface area contributed by atoms with Gasteiger partial charge in [-0.2, -0.15) is 0 Å². The molecule has 3 N–H and O–H groups in total. The lowest BCUT2D eigenvalue weighted by Crippen LogP contribution is -2.23. The van der Waals surface area contributed by atoms with Gasteiger partial charge in [0.25, 0.3) is 0 Å². The SMILES string of the molecule is COc1cc(CNCCCNCCO)ccc1OCc1ccc(Cl)cc1Cl. The average Bonchev–Trinajstić information content (AvgIpc) is 2.67. The molecular weight excluding hydrogens is 387 g/mol. The summed E-state index contributed by atoms with van der Waals surface area (Å²) in [4.78, 5) is 0. The van der Waals surface area contributed by atoms with E-state index in [-0.39, 0.29) is 6.61 Å². The summed E-state index contributed by atoms with van der Waals surface area (Å²) in [5.41, 5.74) is 1.98. The van der Waals surface area contributed by atoms with Crippen LogP contribution < -0.4 is 20.1 Å². The van der Waals surface area contributed by atoms with Gasteiger partial charge in [0.2, 0.25) is 0 Å². The molecule has 0 aromatic heterocycles. The number of benzene rings is 2. The first kappa shape index (κ1) is 21.8. The Balaban J connectivity index is 1.84. The number of nitrogens with one attached hydrogen (secondary N) is 2. The van der Waals surface area contributed by atoms with E-state index in [1.807, 2.05) is 24.3 Å². The van der Waals surface area contributed by atoms with E-state index >= 15 is 0 Å². The zero-order chi connectivity index (χ0) is 19.5. The molecule has 7 heteroatoms. The van der Waals surface area contributed by atoms with Gasteiger partial charge in [-0.3, -0.25) is 0 Å². The predicted octanol–water partition coefficient (Wildman–Crippen LogP) is 3.64. The average molecular weight is 413 g/mol. The molecule has 148 valence electrons. The molecule has 0 amide bonds. The predicted molar refractivity (Wildman–Crippen MR) is 110 cm³/mol. The lowest BCUT2D eigenvalue weighted by Gasteiger charge is -2.13. The first-order valence-electron chi connectivity index (χ1n) is 8.90. The molecule has 0 bridgehead atoms. The fraction of sp³-hybridized carbons (Fsp3) is 0.400. The van der Waals surface area contributed by atoms with Gasteiger partial charge in [-0.25, -0.2) is 0 Å². The van der Waals surface area contributed by atoms with Crippen molar-refractivity contribution in [3.63, 3.8) is 0 Å². The zero-order valence-corrected chi connectivity index (χ0v) is 16.9.